The average Bonchev–Trinajstić information content (AvgIpc) is 3.32. The molecule has 0 spiro atoms. The van der Waals surface area contributed by atoms with Crippen LogP contribution >= 0.6 is 0 Å². The van der Waals surface area contributed by atoms with Crippen molar-refractivity contribution in [3.8, 4) is 0 Å². The number of rotatable bonds is 8. The van der Waals surface area contributed by atoms with Crippen LogP contribution < -0.4 is 4.72 Å². The third-order valence-corrected chi connectivity index (χ3v) is 7.68. The van der Waals surface area contributed by atoms with Crippen molar-refractivity contribution in [2.45, 2.75) is 36.3 Å². The zero-order valence-electron chi connectivity index (χ0n) is 18.5. The highest BCUT2D eigenvalue weighted by atomic mass is 32.2. The zero-order valence-corrected chi connectivity index (χ0v) is 19.3. The van der Waals surface area contributed by atoms with Crippen molar-refractivity contribution in [1.82, 2.24) is 14.5 Å². The van der Waals surface area contributed by atoms with Gasteiger partial charge in [-0.3, -0.25) is 9.69 Å². The number of piperazine rings is 1. The van der Waals surface area contributed by atoms with E-state index < -0.39 is 26.8 Å². The van der Waals surface area contributed by atoms with E-state index in [9.17, 15) is 17.6 Å². The topological polar surface area (TPSA) is 79.0 Å². The minimum Gasteiger partial charge on any atom is -0.377 e. The van der Waals surface area contributed by atoms with Crippen LogP contribution in [0.2, 0.25) is 0 Å². The minimum absolute atomic E-state index is 0.184. The summed E-state index contributed by atoms with van der Waals surface area (Å²) < 4.78 is 48.3. The van der Waals surface area contributed by atoms with Crippen molar-refractivity contribution in [3.05, 3.63) is 66.0 Å². The summed E-state index contributed by atoms with van der Waals surface area (Å²) in [5.41, 5.74) is 0.823. The zero-order chi connectivity index (χ0) is 23.3. The lowest BCUT2D eigenvalue weighted by molar-refractivity contribution is -0.134. The Bertz CT molecular complexity index is 1040. The quantitative estimate of drug-likeness (QED) is 0.632. The third kappa shape index (κ3) is 6.17. The Balaban J connectivity index is 1.46. The SMILES string of the molecule is O=C([C@H](Cc1ccccc1)NS(=O)(=O)c1ccccc1F)N1CCN(C[C@H]2CCCO2)CC1. The van der Waals surface area contributed by atoms with Gasteiger partial charge in [-0.25, -0.2) is 12.8 Å². The lowest BCUT2D eigenvalue weighted by atomic mass is 10.1. The third-order valence-electron chi connectivity index (χ3n) is 6.17. The van der Waals surface area contributed by atoms with Crippen molar-refractivity contribution in [2.75, 3.05) is 39.3 Å². The highest BCUT2D eigenvalue weighted by Crippen LogP contribution is 2.18. The number of carbonyl (C=O) groups excluding carboxylic acids is 1. The Kier molecular flexibility index (Phi) is 7.75. The van der Waals surface area contributed by atoms with Gasteiger partial charge in [0.1, 0.15) is 16.8 Å². The molecule has 2 atom stereocenters. The van der Waals surface area contributed by atoms with Crippen LogP contribution in [0.4, 0.5) is 4.39 Å². The fourth-order valence-electron chi connectivity index (χ4n) is 4.39. The molecule has 0 unspecified atom stereocenters. The van der Waals surface area contributed by atoms with Crippen molar-refractivity contribution in [2.24, 2.45) is 0 Å². The van der Waals surface area contributed by atoms with Gasteiger partial charge in [-0.15, -0.1) is 0 Å². The average molecular weight is 476 g/mol. The van der Waals surface area contributed by atoms with Gasteiger partial charge in [0.2, 0.25) is 15.9 Å². The normalized spacial score (nSPS) is 20.6. The molecule has 33 heavy (non-hydrogen) atoms. The highest BCUT2D eigenvalue weighted by molar-refractivity contribution is 7.89. The summed E-state index contributed by atoms with van der Waals surface area (Å²) in [6, 6.07) is 13.4. The predicted octanol–water partition coefficient (Wildman–Crippen LogP) is 2.04. The number of benzene rings is 2. The molecule has 1 amide bonds. The molecule has 2 aromatic carbocycles. The maximum Gasteiger partial charge on any atom is 0.244 e. The van der Waals surface area contributed by atoms with E-state index >= 15 is 0 Å². The van der Waals surface area contributed by atoms with Crippen molar-refractivity contribution < 1.29 is 22.3 Å². The van der Waals surface area contributed by atoms with E-state index in [1.807, 2.05) is 30.3 Å². The minimum atomic E-state index is -4.22. The molecule has 0 aliphatic carbocycles. The molecular weight excluding hydrogens is 445 g/mol. The van der Waals surface area contributed by atoms with Gasteiger partial charge in [-0.1, -0.05) is 42.5 Å². The van der Waals surface area contributed by atoms with Gasteiger partial charge in [0.05, 0.1) is 6.10 Å². The molecule has 2 aliphatic rings. The fourth-order valence-corrected chi connectivity index (χ4v) is 5.66. The van der Waals surface area contributed by atoms with Gasteiger partial charge in [0, 0.05) is 39.3 Å². The number of amides is 1. The molecular formula is C24H30FN3O4S. The van der Waals surface area contributed by atoms with Crippen LogP contribution in [-0.2, 0) is 26.0 Å². The Labute approximate surface area is 194 Å². The lowest BCUT2D eigenvalue weighted by Gasteiger charge is -2.37. The molecule has 0 saturated carbocycles. The van der Waals surface area contributed by atoms with Crippen LogP contribution in [0.5, 0.6) is 0 Å². The second-order valence-corrected chi connectivity index (χ2v) is 10.2. The second kappa shape index (κ2) is 10.7. The molecule has 9 heteroatoms. The molecule has 2 aliphatic heterocycles. The Morgan fingerprint density at radius 1 is 1.06 bits per heavy atom. The highest BCUT2D eigenvalue weighted by Gasteiger charge is 2.33. The molecule has 2 aromatic rings. The summed E-state index contributed by atoms with van der Waals surface area (Å²) in [6.07, 6.45) is 2.59. The van der Waals surface area contributed by atoms with Gasteiger partial charge in [-0.05, 0) is 37.0 Å². The maximum atomic E-state index is 14.2. The van der Waals surface area contributed by atoms with E-state index in [1.165, 1.54) is 18.2 Å². The maximum absolute atomic E-state index is 14.2. The Hall–Kier alpha value is -2.33. The molecule has 4 rings (SSSR count). The van der Waals surface area contributed by atoms with Gasteiger partial charge in [-0.2, -0.15) is 4.72 Å². The Morgan fingerprint density at radius 3 is 2.42 bits per heavy atom. The summed E-state index contributed by atoms with van der Waals surface area (Å²) in [6.45, 7) is 4.12. The van der Waals surface area contributed by atoms with E-state index in [-0.39, 0.29) is 18.4 Å². The Morgan fingerprint density at radius 2 is 1.76 bits per heavy atom. The second-order valence-electron chi connectivity index (χ2n) is 8.55. The van der Waals surface area contributed by atoms with E-state index in [4.69, 9.17) is 4.74 Å². The van der Waals surface area contributed by atoms with Crippen LogP contribution in [0.1, 0.15) is 18.4 Å². The van der Waals surface area contributed by atoms with Gasteiger partial charge in [0.25, 0.3) is 0 Å². The summed E-state index contributed by atoms with van der Waals surface area (Å²) >= 11 is 0. The number of sulfonamides is 1. The van der Waals surface area contributed by atoms with Crippen LogP contribution in [0.25, 0.3) is 0 Å². The van der Waals surface area contributed by atoms with Crippen LogP contribution in [0.15, 0.2) is 59.5 Å². The fraction of sp³-hybridized carbons (Fsp3) is 0.458. The first-order chi connectivity index (χ1) is 15.9. The monoisotopic (exact) mass is 475 g/mol. The molecule has 178 valence electrons. The number of halogens is 1. The van der Waals surface area contributed by atoms with Gasteiger partial charge in [0.15, 0.2) is 0 Å². The van der Waals surface area contributed by atoms with E-state index in [1.54, 1.807) is 4.90 Å². The van der Waals surface area contributed by atoms with Crippen molar-refractivity contribution >= 4 is 15.9 Å². The van der Waals surface area contributed by atoms with Gasteiger partial charge < -0.3 is 9.64 Å². The number of carbonyl (C=O) groups is 1. The summed E-state index contributed by atoms with van der Waals surface area (Å²) in [4.78, 5) is 16.9. The van der Waals surface area contributed by atoms with E-state index in [2.05, 4.69) is 9.62 Å². The number of hydrogen-bond acceptors (Lipinski definition) is 5. The largest absolute Gasteiger partial charge is 0.377 e. The first kappa shape index (κ1) is 23.8. The first-order valence-electron chi connectivity index (χ1n) is 11.4. The molecule has 1 N–H and O–H groups in total. The molecule has 7 nitrogen and oxygen atoms in total. The number of hydrogen-bond donors (Lipinski definition) is 1. The van der Waals surface area contributed by atoms with Crippen LogP contribution in [0, 0.1) is 5.82 Å². The summed E-state index contributed by atoms with van der Waals surface area (Å²) in [5.74, 6) is -1.14. The standard InChI is InChI=1S/C24H30FN3O4S/c25-21-10-4-5-11-23(21)33(30,31)26-22(17-19-7-2-1-3-8-19)24(29)28-14-12-27(13-15-28)18-20-9-6-16-32-20/h1-5,7-8,10-11,20,22,26H,6,9,12-18H2/t20-,22+/m1/s1. The molecule has 0 bridgehead atoms. The molecule has 2 heterocycles. The predicted molar refractivity (Wildman–Crippen MR) is 123 cm³/mol. The molecule has 0 aromatic heterocycles. The summed E-state index contributed by atoms with van der Waals surface area (Å²) in [7, 11) is -4.22. The van der Waals surface area contributed by atoms with Crippen molar-refractivity contribution in [1.29, 1.82) is 0 Å². The van der Waals surface area contributed by atoms with Crippen LogP contribution in [0.3, 0.4) is 0 Å². The molecule has 0 radical (unpaired) electrons. The van der Waals surface area contributed by atoms with E-state index in [0.29, 0.717) is 26.2 Å². The van der Waals surface area contributed by atoms with Gasteiger partial charge >= 0.3 is 0 Å². The number of nitrogens with one attached hydrogen (secondary N) is 1. The lowest BCUT2D eigenvalue weighted by Crippen LogP contribution is -2.56. The molecule has 2 saturated heterocycles. The summed E-state index contributed by atoms with van der Waals surface area (Å²) in [5, 5.41) is 0. The van der Waals surface area contributed by atoms with Crippen LogP contribution in [-0.4, -0.2) is 75.6 Å². The molecule has 2 fully saturated rings. The van der Waals surface area contributed by atoms with E-state index in [0.717, 1.165) is 37.6 Å². The number of ether oxygens (including phenoxy) is 1. The number of nitrogens with zero attached hydrogens (tertiary/aromatic N) is 2. The smallest absolute Gasteiger partial charge is 0.244 e. The first-order valence-corrected chi connectivity index (χ1v) is 12.8. The van der Waals surface area contributed by atoms with Crippen molar-refractivity contribution in [3.63, 3.8) is 0 Å².